The number of nitrogens with zero attached hydrogens (tertiary/aromatic N) is 1. The summed E-state index contributed by atoms with van der Waals surface area (Å²) in [5.41, 5.74) is 0.930. The number of ether oxygens (including phenoxy) is 2. The summed E-state index contributed by atoms with van der Waals surface area (Å²) in [6.07, 6.45) is 1.01. The van der Waals surface area contributed by atoms with E-state index in [1.54, 1.807) is 18.2 Å². The molecule has 0 radical (unpaired) electrons. The van der Waals surface area contributed by atoms with Crippen LogP contribution in [-0.2, 0) is 21.4 Å². The van der Waals surface area contributed by atoms with Gasteiger partial charge in [0.05, 0.1) is 17.0 Å². The molecule has 1 heterocycles. The number of amides is 1. The Kier molecular flexibility index (Phi) is 5.92. The lowest BCUT2D eigenvalue weighted by molar-refractivity contribution is -0.122. The van der Waals surface area contributed by atoms with E-state index in [9.17, 15) is 13.2 Å². The van der Waals surface area contributed by atoms with Gasteiger partial charge in [0.25, 0.3) is 0 Å². The Hall–Kier alpha value is -2.16. The normalized spacial score (nSPS) is 13.9. The number of nitrogens with one attached hydrogen (secondary N) is 1. The molecule has 28 heavy (non-hydrogen) atoms. The predicted octanol–water partition coefficient (Wildman–Crippen LogP) is 3.19. The number of fused-ring (bicyclic) bond motifs is 1. The Morgan fingerprint density at radius 2 is 1.89 bits per heavy atom. The number of halogens is 2. The van der Waals surface area contributed by atoms with Crippen molar-refractivity contribution in [2.45, 2.75) is 19.5 Å². The Balaban J connectivity index is 1.78. The molecule has 1 N–H and O–H groups in total. The number of benzene rings is 2. The zero-order valence-corrected chi connectivity index (χ0v) is 17.4. The molecule has 3 rings (SSSR count). The fourth-order valence-corrected chi connectivity index (χ4v) is 4.43. The van der Waals surface area contributed by atoms with Crippen LogP contribution in [0.15, 0.2) is 36.4 Å². The monoisotopic (exact) mass is 444 g/mol. The Morgan fingerprint density at radius 3 is 2.61 bits per heavy atom. The molecule has 150 valence electrons. The minimum Gasteiger partial charge on any atom is -0.454 e. The summed E-state index contributed by atoms with van der Waals surface area (Å²) in [5, 5.41) is 3.21. The molecule has 0 bridgehead atoms. The molecule has 1 atom stereocenters. The van der Waals surface area contributed by atoms with Crippen LogP contribution in [0.2, 0.25) is 10.0 Å². The van der Waals surface area contributed by atoms with Crippen LogP contribution in [0.4, 0.5) is 5.69 Å². The number of hydrogen-bond donors (Lipinski definition) is 1. The number of carbonyl (C=O) groups excluding carboxylic acids is 1. The van der Waals surface area contributed by atoms with E-state index in [1.165, 1.54) is 25.1 Å². The first kappa shape index (κ1) is 20.6. The number of hydrogen-bond acceptors (Lipinski definition) is 5. The molecule has 2 aromatic rings. The van der Waals surface area contributed by atoms with Gasteiger partial charge in [0.2, 0.25) is 22.7 Å². The van der Waals surface area contributed by atoms with Crippen molar-refractivity contribution >= 4 is 44.8 Å². The maximum atomic E-state index is 12.7. The smallest absolute Gasteiger partial charge is 0.243 e. The van der Waals surface area contributed by atoms with Gasteiger partial charge in [-0.3, -0.25) is 9.10 Å². The highest BCUT2D eigenvalue weighted by molar-refractivity contribution is 7.92. The van der Waals surface area contributed by atoms with E-state index in [4.69, 9.17) is 32.7 Å². The van der Waals surface area contributed by atoms with Crippen molar-refractivity contribution in [3.05, 3.63) is 52.0 Å². The van der Waals surface area contributed by atoms with Gasteiger partial charge in [-0.2, -0.15) is 0 Å². The summed E-state index contributed by atoms with van der Waals surface area (Å²) in [7, 11) is -3.80. The van der Waals surface area contributed by atoms with Gasteiger partial charge in [-0.15, -0.1) is 0 Å². The van der Waals surface area contributed by atoms with Crippen molar-refractivity contribution in [1.82, 2.24) is 5.32 Å². The first-order chi connectivity index (χ1) is 13.2. The largest absolute Gasteiger partial charge is 0.454 e. The molecule has 0 saturated carbocycles. The Labute approximate surface area is 173 Å². The molecular weight excluding hydrogens is 427 g/mol. The van der Waals surface area contributed by atoms with E-state index < -0.39 is 22.0 Å². The van der Waals surface area contributed by atoms with E-state index >= 15 is 0 Å². The zero-order valence-electron chi connectivity index (χ0n) is 15.1. The van der Waals surface area contributed by atoms with E-state index in [1.807, 2.05) is 0 Å². The lowest BCUT2D eigenvalue weighted by Crippen LogP contribution is -2.47. The van der Waals surface area contributed by atoms with Crippen molar-refractivity contribution in [3.8, 4) is 11.5 Å². The van der Waals surface area contributed by atoms with Crippen molar-refractivity contribution < 1.29 is 22.7 Å². The summed E-state index contributed by atoms with van der Waals surface area (Å²) < 4.78 is 36.2. The van der Waals surface area contributed by atoms with Gasteiger partial charge in [-0.25, -0.2) is 8.42 Å². The third kappa shape index (κ3) is 4.45. The number of carbonyl (C=O) groups is 1. The minimum absolute atomic E-state index is 0.141. The highest BCUT2D eigenvalue weighted by Gasteiger charge is 2.30. The van der Waals surface area contributed by atoms with Crippen molar-refractivity contribution in [1.29, 1.82) is 0 Å². The molecular formula is C18H18Cl2N2O5S. The molecule has 1 aliphatic rings. The van der Waals surface area contributed by atoms with Crippen molar-refractivity contribution in [3.63, 3.8) is 0 Å². The van der Waals surface area contributed by atoms with E-state index in [2.05, 4.69) is 5.32 Å². The number of anilines is 1. The quantitative estimate of drug-likeness (QED) is 0.739. The first-order valence-corrected chi connectivity index (χ1v) is 10.9. The Morgan fingerprint density at radius 1 is 1.18 bits per heavy atom. The molecule has 7 nitrogen and oxygen atoms in total. The molecule has 1 aliphatic heterocycles. The summed E-state index contributed by atoms with van der Waals surface area (Å²) in [6.45, 7) is 1.83. The summed E-state index contributed by atoms with van der Waals surface area (Å²) in [6, 6.07) is 8.69. The standard InChI is InChI=1S/C18H18Cl2N2O5S/c1-11(22(28(2,24)25)15-8-13(19)4-5-14(15)20)18(23)21-9-12-3-6-16-17(7-12)27-10-26-16/h3-8,11H,9-10H2,1-2H3,(H,21,23)/t11-/m0/s1. The lowest BCUT2D eigenvalue weighted by Gasteiger charge is -2.29. The van der Waals surface area contributed by atoms with Gasteiger partial charge >= 0.3 is 0 Å². The second-order valence-corrected chi connectivity index (χ2v) is 8.94. The minimum atomic E-state index is -3.80. The summed E-state index contributed by atoms with van der Waals surface area (Å²) in [4.78, 5) is 12.7. The molecule has 10 heteroatoms. The van der Waals surface area contributed by atoms with E-state index in [0.29, 0.717) is 16.5 Å². The van der Waals surface area contributed by atoms with E-state index in [0.717, 1.165) is 16.1 Å². The fourth-order valence-electron chi connectivity index (χ4n) is 2.82. The number of rotatable bonds is 6. The fraction of sp³-hybridized carbons (Fsp3) is 0.278. The average molecular weight is 445 g/mol. The van der Waals surface area contributed by atoms with Crippen molar-refractivity contribution in [2.75, 3.05) is 17.4 Å². The third-order valence-electron chi connectivity index (χ3n) is 4.14. The van der Waals surface area contributed by atoms with Crippen LogP contribution < -0.4 is 19.1 Å². The Bertz CT molecular complexity index is 1010. The van der Waals surface area contributed by atoms with Gasteiger partial charge in [-0.05, 0) is 42.8 Å². The van der Waals surface area contributed by atoms with Crippen LogP contribution in [0, 0.1) is 0 Å². The zero-order chi connectivity index (χ0) is 20.5. The van der Waals surface area contributed by atoms with Crippen LogP contribution in [0.1, 0.15) is 12.5 Å². The molecule has 0 spiro atoms. The SMILES string of the molecule is C[C@@H](C(=O)NCc1ccc2c(c1)OCO2)N(c1cc(Cl)ccc1Cl)S(C)(=O)=O. The average Bonchev–Trinajstić information content (AvgIpc) is 3.09. The maximum Gasteiger partial charge on any atom is 0.243 e. The highest BCUT2D eigenvalue weighted by atomic mass is 35.5. The van der Waals surface area contributed by atoms with Gasteiger partial charge < -0.3 is 14.8 Å². The molecule has 1 amide bonds. The summed E-state index contributed by atoms with van der Waals surface area (Å²) >= 11 is 12.1. The van der Waals surface area contributed by atoms with Crippen LogP contribution in [0.25, 0.3) is 0 Å². The predicted molar refractivity (Wildman–Crippen MR) is 108 cm³/mol. The van der Waals surface area contributed by atoms with Gasteiger partial charge in [0.15, 0.2) is 11.5 Å². The topological polar surface area (TPSA) is 84.9 Å². The summed E-state index contributed by atoms with van der Waals surface area (Å²) in [5.74, 6) is 0.754. The van der Waals surface area contributed by atoms with Crippen molar-refractivity contribution in [2.24, 2.45) is 0 Å². The van der Waals surface area contributed by atoms with Crippen LogP contribution >= 0.6 is 23.2 Å². The van der Waals surface area contributed by atoms with Crippen LogP contribution in [-0.4, -0.2) is 33.4 Å². The second kappa shape index (κ2) is 8.06. The molecule has 0 unspecified atom stereocenters. The van der Waals surface area contributed by atoms with Crippen LogP contribution in [0.5, 0.6) is 11.5 Å². The molecule has 0 aromatic heterocycles. The van der Waals surface area contributed by atoms with E-state index in [-0.39, 0.29) is 24.0 Å². The van der Waals surface area contributed by atoms with Gasteiger partial charge in [0.1, 0.15) is 6.04 Å². The third-order valence-corrected chi connectivity index (χ3v) is 5.92. The molecule has 0 fully saturated rings. The highest BCUT2D eigenvalue weighted by Crippen LogP contribution is 2.33. The molecule has 0 saturated heterocycles. The van der Waals surface area contributed by atoms with Crippen LogP contribution in [0.3, 0.4) is 0 Å². The molecule has 0 aliphatic carbocycles. The lowest BCUT2D eigenvalue weighted by atomic mass is 10.2. The molecule has 2 aromatic carbocycles. The van der Waals surface area contributed by atoms with Gasteiger partial charge in [0, 0.05) is 11.6 Å². The second-order valence-electron chi connectivity index (χ2n) is 6.24. The number of sulfonamides is 1. The maximum absolute atomic E-state index is 12.7. The van der Waals surface area contributed by atoms with Gasteiger partial charge in [-0.1, -0.05) is 29.3 Å². The first-order valence-electron chi connectivity index (χ1n) is 8.27.